The normalized spacial score (nSPS) is 17.2. The van der Waals surface area contributed by atoms with Crippen LogP contribution in [-0.2, 0) is 16.1 Å². The second-order valence-electron chi connectivity index (χ2n) is 10.4. The van der Waals surface area contributed by atoms with Crippen molar-refractivity contribution in [2.45, 2.75) is 38.4 Å². The second kappa shape index (κ2) is 13.1. The van der Waals surface area contributed by atoms with Crippen molar-refractivity contribution in [2.24, 2.45) is 0 Å². The van der Waals surface area contributed by atoms with Gasteiger partial charge in [0.25, 0.3) is 5.91 Å². The number of aryl methyl sites for hydroxylation is 1. The van der Waals surface area contributed by atoms with Crippen LogP contribution in [0.1, 0.15) is 34.5 Å². The highest BCUT2D eigenvalue weighted by molar-refractivity contribution is 6.01. The summed E-state index contributed by atoms with van der Waals surface area (Å²) >= 11 is 0. The zero-order valence-electron chi connectivity index (χ0n) is 23.9. The minimum Gasteiger partial charge on any atom is -0.496 e. The van der Waals surface area contributed by atoms with Gasteiger partial charge in [-0.25, -0.2) is 4.39 Å². The number of nitrogens with zero attached hydrogens (tertiary/aromatic N) is 3. The van der Waals surface area contributed by atoms with Crippen LogP contribution in [0.2, 0.25) is 0 Å². The summed E-state index contributed by atoms with van der Waals surface area (Å²) in [5, 5.41) is 14.4. The Morgan fingerprint density at radius 2 is 2.00 bits per heavy atom. The molecule has 3 N–H and O–H groups in total. The highest BCUT2D eigenvalue weighted by Crippen LogP contribution is 2.29. The first-order chi connectivity index (χ1) is 20.4. The van der Waals surface area contributed by atoms with Gasteiger partial charge in [0.05, 0.1) is 25.3 Å². The fourth-order valence-corrected chi connectivity index (χ4v) is 5.45. The fourth-order valence-electron chi connectivity index (χ4n) is 5.45. The van der Waals surface area contributed by atoms with E-state index >= 15 is 0 Å². The number of fused-ring (bicyclic) bond motifs is 1. The highest BCUT2D eigenvalue weighted by Gasteiger charge is 2.34. The molecule has 10 nitrogen and oxygen atoms in total. The molecule has 220 valence electrons. The number of likely N-dealkylation sites (tertiary alicyclic amines) is 1. The number of hydrogen-bond acceptors (Lipinski definition) is 7. The zero-order chi connectivity index (χ0) is 29.6. The summed E-state index contributed by atoms with van der Waals surface area (Å²) in [6.07, 6.45) is 2.82. The molecule has 2 aromatic carbocycles. The Morgan fingerprint density at radius 1 is 1.14 bits per heavy atom. The van der Waals surface area contributed by atoms with Gasteiger partial charge in [-0.15, -0.1) is 0 Å². The lowest BCUT2D eigenvalue weighted by Crippen LogP contribution is -2.56. The van der Waals surface area contributed by atoms with E-state index in [1.54, 1.807) is 31.5 Å². The van der Waals surface area contributed by atoms with Gasteiger partial charge in [0.2, 0.25) is 5.91 Å². The monoisotopic (exact) mass is 574 g/mol. The van der Waals surface area contributed by atoms with Crippen molar-refractivity contribution in [1.29, 1.82) is 0 Å². The summed E-state index contributed by atoms with van der Waals surface area (Å²) < 4.78 is 25.3. The Kier molecular flexibility index (Phi) is 9.09. The molecule has 3 heterocycles. The molecule has 2 atom stereocenters. The third kappa shape index (κ3) is 6.42. The van der Waals surface area contributed by atoms with Crippen LogP contribution < -0.4 is 15.4 Å². The molecule has 1 aliphatic rings. The molecule has 1 fully saturated rings. The number of halogens is 1. The molecule has 2 amide bonds. The highest BCUT2D eigenvalue weighted by atomic mass is 19.1. The van der Waals surface area contributed by atoms with Gasteiger partial charge < -0.3 is 20.1 Å². The summed E-state index contributed by atoms with van der Waals surface area (Å²) in [6, 6.07) is 13.2. The number of methoxy groups -OCH3 is 2. The van der Waals surface area contributed by atoms with Gasteiger partial charge in [0.1, 0.15) is 17.3 Å². The van der Waals surface area contributed by atoms with Crippen molar-refractivity contribution >= 4 is 22.7 Å². The molecule has 0 unspecified atom stereocenters. The average Bonchev–Trinajstić information content (AvgIpc) is 3.42. The molecule has 0 aliphatic carbocycles. The van der Waals surface area contributed by atoms with Gasteiger partial charge >= 0.3 is 0 Å². The van der Waals surface area contributed by atoms with Gasteiger partial charge in [-0.2, -0.15) is 5.10 Å². The number of H-pyrrole nitrogens is 1. The molecule has 1 aliphatic heterocycles. The van der Waals surface area contributed by atoms with E-state index < -0.39 is 11.9 Å². The largest absolute Gasteiger partial charge is 0.496 e. The summed E-state index contributed by atoms with van der Waals surface area (Å²) in [7, 11) is 3.06. The van der Waals surface area contributed by atoms with Crippen LogP contribution >= 0.6 is 0 Å². The molecule has 0 radical (unpaired) electrons. The number of amides is 2. The van der Waals surface area contributed by atoms with Gasteiger partial charge in [-0.05, 0) is 62.2 Å². The molecule has 11 heteroatoms. The minimum atomic E-state index is -0.493. The number of pyridine rings is 1. The van der Waals surface area contributed by atoms with Gasteiger partial charge in [-0.3, -0.25) is 24.6 Å². The smallest absolute Gasteiger partial charge is 0.251 e. The van der Waals surface area contributed by atoms with Crippen molar-refractivity contribution in [1.82, 2.24) is 30.7 Å². The molecule has 0 bridgehead atoms. The maximum absolute atomic E-state index is 14.9. The third-order valence-corrected chi connectivity index (χ3v) is 7.58. The third-order valence-electron chi connectivity index (χ3n) is 7.58. The van der Waals surface area contributed by atoms with Gasteiger partial charge in [-0.1, -0.05) is 6.07 Å². The standard InChI is InChI=1S/C31H35FN6O4/c1-19-15-20(11-12-33-19)29-23-16-21(7-9-26(23)36-37-29)30(39)35-22-8-10-27(31(40)34-13-14-41-2)38(17-22)18-24-25(32)5-4-6-28(24)42-3/h4-7,9,11-12,15-16,22,27H,8,10,13-14,17-18H2,1-3H3,(H,34,40)(H,35,39)(H,36,37)/t22-,27+/m1/s1. The summed E-state index contributed by atoms with van der Waals surface area (Å²) in [5.74, 6) is -0.385. The van der Waals surface area contributed by atoms with E-state index in [1.165, 1.54) is 13.2 Å². The molecule has 5 rings (SSSR count). The number of aromatic amines is 1. The number of rotatable bonds is 10. The topological polar surface area (TPSA) is 121 Å². The number of carbonyl (C=O) groups excluding carboxylic acids is 2. The molecular weight excluding hydrogens is 539 g/mol. The molecule has 42 heavy (non-hydrogen) atoms. The Bertz CT molecular complexity index is 1570. The lowest BCUT2D eigenvalue weighted by atomic mass is 9.96. The molecule has 0 spiro atoms. The van der Waals surface area contributed by atoms with Crippen LogP contribution in [-0.4, -0.2) is 77.9 Å². The Labute approximate surface area is 243 Å². The number of piperidine rings is 1. The van der Waals surface area contributed by atoms with Crippen molar-refractivity contribution in [3.8, 4) is 17.0 Å². The maximum atomic E-state index is 14.9. The molecule has 1 saturated heterocycles. The van der Waals surface area contributed by atoms with Crippen molar-refractivity contribution in [3.05, 3.63) is 77.4 Å². The quantitative estimate of drug-likeness (QED) is 0.248. The Hall–Kier alpha value is -4.35. The first kappa shape index (κ1) is 29.2. The van der Waals surface area contributed by atoms with Crippen LogP contribution in [0.25, 0.3) is 22.2 Å². The number of benzene rings is 2. The molecular formula is C31H35FN6O4. The molecule has 2 aromatic heterocycles. The number of nitrogens with one attached hydrogen (secondary N) is 3. The van der Waals surface area contributed by atoms with Crippen LogP contribution in [0.3, 0.4) is 0 Å². The number of ether oxygens (including phenoxy) is 2. The van der Waals surface area contributed by atoms with E-state index in [9.17, 15) is 14.0 Å². The number of aromatic nitrogens is 3. The van der Waals surface area contributed by atoms with Crippen molar-refractivity contribution in [2.75, 3.05) is 33.9 Å². The molecule has 0 saturated carbocycles. The van der Waals surface area contributed by atoms with Crippen molar-refractivity contribution < 1.29 is 23.5 Å². The Balaban J connectivity index is 1.35. The maximum Gasteiger partial charge on any atom is 0.251 e. The van der Waals surface area contributed by atoms with Crippen molar-refractivity contribution in [3.63, 3.8) is 0 Å². The summed E-state index contributed by atoms with van der Waals surface area (Å²) in [4.78, 5) is 32.7. The minimum absolute atomic E-state index is 0.153. The van der Waals surface area contributed by atoms with Gasteiger partial charge in [0.15, 0.2) is 0 Å². The fraction of sp³-hybridized carbons (Fsp3) is 0.355. The van der Waals surface area contributed by atoms with E-state index in [4.69, 9.17) is 9.47 Å². The average molecular weight is 575 g/mol. The SMILES string of the molecule is COCCNC(=O)[C@@H]1CC[C@@H](NC(=O)c2ccc3[nH]nc(-c4ccnc(C)c4)c3c2)CN1Cc1c(F)cccc1OC. The lowest BCUT2D eigenvalue weighted by Gasteiger charge is -2.39. The van der Waals surface area contributed by atoms with E-state index in [-0.39, 0.29) is 24.4 Å². The molecule has 4 aromatic rings. The number of hydrogen-bond donors (Lipinski definition) is 3. The summed E-state index contributed by atoms with van der Waals surface area (Å²) in [5.41, 5.74) is 4.21. The second-order valence-corrected chi connectivity index (χ2v) is 10.4. The zero-order valence-corrected chi connectivity index (χ0v) is 23.9. The van der Waals surface area contributed by atoms with Gasteiger partial charge in [0, 0.05) is 66.8 Å². The first-order valence-corrected chi connectivity index (χ1v) is 13.9. The summed E-state index contributed by atoms with van der Waals surface area (Å²) in [6.45, 7) is 3.20. The van der Waals surface area contributed by atoms with Crippen LogP contribution in [0.4, 0.5) is 4.39 Å². The Morgan fingerprint density at radius 3 is 2.79 bits per heavy atom. The van der Waals surface area contributed by atoms with Crippen LogP contribution in [0.15, 0.2) is 54.7 Å². The van der Waals surface area contributed by atoms with Crippen LogP contribution in [0, 0.1) is 12.7 Å². The first-order valence-electron chi connectivity index (χ1n) is 13.9. The van der Waals surface area contributed by atoms with E-state index in [0.717, 1.165) is 27.9 Å². The van der Waals surface area contributed by atoms with E-state index in [2.05, 4.69) is 25.8 Å². The van der Waals surface area contributed by atoms with E-state index in [0.29, 0.717) is 49.4 Å². The van der Waals surface area contributed by atoms with Crippen LogP contribution in [0.5, 0.6) is 5.75 Å². The lowest BCUT2D eigenvalue weighted by molar-refractivity contribution is -0.128. The van der Waals surface area contributed by atoms with E-state index in [1.807, 2.05) is 36.1 Å². The predicted molar refractivity (Wildman–Crippen MR) is 157 cm³/mol. The predicted octanol–water partition coefficient (Wildman–Crippen LogP) is 3.61. The number of carbonyl (C=O) groups is 2.